The highest BCUT2D eigenvalue weighted by molar-refractivity contribution is 5.13. The summed E-state index contributed by atoms with van der Waals surface area (Å²) in [6.07, 6.45) is 0. The number of nitrogens with one attached hydrogen (secondary N) is 1. The Morgan fingerprint density at radius 3 is 3.17 bits per heavy atom. The highest BCUT2D eigenvalue weighted by Crippen LogP contribution is 1.95. The summed E-state index contributed by atoms with van der Waals surface area (Å²) >= 11 is 0. The largest absolute Gasteiger partial charge is 0.383 e. The third-order valence-corrected chi connectivity index (χ3v) is 1.58. The van der Waals surface area contributed by atoms with Gasteiger partial charge in [0.05, 0.1) is 6.61 Å². The van der Waals surface area contributed by atoms with Crippen molar-refractivity contribution in [1.29, 1.82) is 0 Å². The Morgan fingerprint density at radius 2 is 2.50 bits per heavy atom. The molecular weight excluding hydrogens is 150 g/mol. The van der Waals surface area contributed by atoms with E-state index in [1.54, 1.807) is 7.11 Å². The van der Waals surface area contributed by atoms with Crippen LogP contribution in [0.15, 0.2) is 24.3 Å². The van der Waals surface area contributed by atoms with Crippen molar-refractivity contribution in [2.24, 2.45) is 0 Å². The zero-order valence-corrected chi connectivity index (χ0v) is 7.34. The number of hydrogen-bond acceptors (Lipinski definition) is 2. The molecule has 0 saturated carbocycles. The van der Waals surface area contributed by atoms with E-state index in [1.165, 1.54) is 5.56 Å². The molecule has 0 saturated heterocycles. The van der Waals surface area contributed by atoms with Gasteiger partial charge in [-0.05, 0) is 17.7 Å². The average molecular weight is 164 g/mol. The first-order valence-corrected chi connectivity index (χ1v) is 4.08. The van der Waals surface area contributed by atoms with Gasteiger partial charge in [-0.1, -0.05) is 18.2 Å². The zero-order chi connectivity index (χ0) is 8.65. The number of hydrogen-bond donors (Lipinski definition) is 1. The van der Waals surface area contributed by atoms with E-state index in [0.29, 0.717) is 0 Å². The SMILES string of the molecule is COCCNCc1c[c]ccc1. The summed E-state index contributed by atoms with van der Waals surface area (Å²) in [5, 5.41) is 3.26. The quantitative estimate of drug-likeness (QED) is 0.661. The van der Waals surface area contributed by atoms with Crippen molar-refractivity contribution in [3.05, 3.63) is 35.9 Å². The van der Waals surface area contributed by atoms with Crippen LogP contribution in [0, 0.1) is 6.07 Å². The van der Waals surface area contributed by atoms with Crippen molar-refractivity contribution in [3.8, 4) is 0 Å². The Hall–Kier alpha value is -0.860. The second-order valence-corrected chi connectivity index (χ2v) is 2.58. The topological polar surface area (TPSA) is 21.3 Å². The Kier molecular flexibility index (Phi) is 4.42. The lowest BCUT2D eigenvalue weighted by Gasteiger charge is -2.02. The summed E-state index contributed by atoms with van der Waals surface area (Å²) in [4.78, 5) is 0. The predicted molar refractivity (Wildman–Crippen MR) is 48.9 cm³/mol. The molecule has 0 aliphatic rings. The van der Waals surface area contributed by atoms with E-state index in [1.807, 2.05) is 18.2 Å². The second-order valence-electron chi connectivity index (χ2n) is 2.58. The van der Waals surface area contributed by atoms with Crippen molar-refractivity contribution in [3.63, 3.8) is 0 Å². The Balaban J connectivity index is 2.16. The monoisotopic (exact) mass is 164 g/mol. The fourth-order valence-electron chi connectivity index (χ4n) is 0.947. The van der Waals surface area contributed by atoms with Crippen LogP contribution in [0.4, 0.5) is 0 Å². The molecule has 1 aromatic rings. The lowest BCUT2D eigenvalue weighted by molar-refractivity contribution is 0.199. The summed E-state index contributed by atoms with van der Waals surface area (Å²) in [5.74, 6) is 0. The maximum Gasteiger partial charge on any atom is 0.0587 e. The van der Waals surface area contributed by atoms with Crippen LogP contribution in [0.5, 0.6) is 0 Å². The van der Waals surface area contributed by atoms with E-state index in [0.717, 1.165) is 19.7 Å². The van der Waals surface area contributed by atoms with Crippen molar-refractivity contribution in [2.45, 2.75) is 6.54 Å². The molecule has 0 aliphatic heterocycles. The maximum absolute atomic E-state index is 4.91. The average Bonchev–Trinajstić information content (AvgIpc) is 2.14. The minimum Gasteiger partial charge on any atom is -0.383 e. The summed E-state index contributed by atoms with van der Waals surface area (Å²) in [6.45, 7) is 2.54. The molecule has 0 amide bonds. The standard InChI is InChI=1S/C10H14NO/c1-12-8-7-11-9-10-5-3-2-4-6-10/h2-3,5-6,11H,7-9H2,1H3. The molecule has 12 heavy (non-hydrogen) atoms. The highest BCUT2D eigenvalue weighted by Gasteiger charge is 1.89. The van der Waals surface area contributed by atoms with Crippen LogP contribution in [0.1, 0.15) is 5.56 Å². The van der Waals surface area contributed by atoms with Gasteiger partial charge in [0.2, 0.25) is 0 Å². The molecule has 1 rings (SSSR count). The van der Waals surface area contributed by atoms with Gasteiger partial charge >= 0.3 is 0 Å². The van der Waals surface area contributed by atoms with Crippen molar-refractivity contribution >= 4 is 0 Å². The minimum atomic E-state index is 0.760. The number of ether oxygens (including phenoxy) is 1. The van der Waals surface area contributed by atoms with Crippen LogP contribution in [0.25, 0.3) is 0 Å². The van der Waals surface area contributed by atoms with Gasteiger partial charge < -0.3 is 10.1 Å². The van der Waals surface area contributed by atoms with Gasteiger partial charge in [-0.3, -0.25) is 0 Å². The Bertz CT molecular complexity index is 198. The van der Waals surface area contributed by atoms with E-state index >= 15 is 0 Å². The second kappa shape index (κ2) is 5.75. The van der Waals surface area contributed by atoms with Crippen LogP contribution in [0.2, 0.25) is 0 Å². The van der Waals surface area contributed by atoms with Gasteiger partial charge in [0.1, 0.15) is 0 Å². The lowest BCUT2D eigenvalue weighted by atomic mass is 10.2. The van der Waals surface area contributed by atoms with Gasteiger partial charge in [0.25, 0.3) is 0 Å². The molecule has 0 bridgehead atoms. The van der Waals surface area contributed by atoms with Gasteiger partial charge in [0.15, 0.2) is 0 Å². The first-order valence-electron chi connectivity index (χ1n) is 4.08. The smallest absolute Gasteiger partial charge is 0.0587 e. The third-order valence-electron chi connectivity index (χ3n) is 1.58. The van der Waals surface area contributed by atoms with Crippen molar-refractivity contribution in [1.82, 2.24) is 5.32 Å². The molecule has 2 nitrogen and oxygen atoms in total. The van der Waals surface area contributed by atoms with E-state index < -0.39 is 0 Å². The molecule has 1 aromatic carbocycles. The van der Waals surface area contributed by atoms with Crippen LogP contribution in [0.3, 0.4) is 0 Å². The fraction of sp³-hybridized carbons (Fsp3) is 0.400. The van der Waals surface area contributed by atoms with Gasteiger partial charge in [-0.15, -0.1) is 0 Å². The molecule has 0 heterocycles. The first-order chi connectivity index (χ1) is 5.93. The van der Waals surface area contributed by atoms with E-state index in [2.05, 4.69) is 17.4 Å². The molecule has 0 aliphatic carbocycles. The Morgan fingerprint density at radius 1 is 1.58 bits per heavy atom. The van der Waals surface area contributed by atoms with Crippen molar-refractivity contribution in [2.75, 3.05) is 20.3 Å². The van der Waals surface area contributed by atoms with Crippen LogP contribution in [-0.2, 0) is 11.3 Å². The summed E-state index contributed by atoms with van der Waals surface area (Å²) in [7, 11) is 1.71. The van der Waals surface area contributed by atoms with Gasteiger partial charge in [-0.25, -0.2) is 0 Å². The number of rotatable bonds is 5. The van der Waals surface area contributed by atoms with E-state index in [9.17, 15) is 0 Å². The van der Waals surface area contributed by atoms with Crippen LogP contribution >= 0.6 is 0 Å². The lowest BCUT2D eigenvalue weighted by Crippen LogP contribution is -2.18. The summed E-state index contributed by atoms with van der Waals surface area (Å²) in [6, 6.07) is 11.0. The highest BCUT2D eigenvalue weighted by atomic mass is 16.5. The molecule has 0 unspecified atom stereocenters. The predicted octanol–water partition coefficient (Wildman–Crippen LogP) is 1.22. The molecule has 0 atom stereocenters. The van der Waals surface area contributed by atoms with E-state index in [-0.39, 0.29) is 0 Å². The minimum absolute atomic E-state index is 0.760. The normalized spacial score (nSPS) is 10.1. The fourth-order valence-corrected chi connectivity index (χ4v) is 0.947. The molecule has 2 heteroatoms. The zero-order valence-electron chi connectivity index (χ0n) is 7.34. The molecule has 0 spiro atoms. The van der Waals surface area contributed by atoms with E-state index in [4.69, 9.17) is 4.74 Å². The van der Waals surface area contributed by atoms with Crippen LogP contribution < -0.4 is 5.32 Å². The summed E-state index contributed by atoms with van der Waals surface area (Å²) < 4.78 is 4.91. The van der Waals surface area contributed by atoms with Gasteiger partial charge in [0, 0.05) is 20.2 Å². The molecule has 65 valence electrons. The third kappa shape index (κ3) is 3.51. The molecule has 1 radical (unpaired) electrons. The van der Waals surface area contributed by atoms with Crippen LogP contribution in [-0.4, -0.2) is 20.3 Å². The number of methoxy groups -OCH3 is 1. The Labute approximate surface area is 73.6 Å². The summed E-state index contributed by atoms with van der Waals surface area (Å²) in [5.41, 5.74) is 1.26. The molecular formula is C10H14NO. The molecule has 1 N–H and O–H groups in total. The molecule has 0 fully saturated rings. The first kappa shape index (κ1) is 9.23. The van der Waals surface area contributed by atoms with Crippen molar-refractivity contribution < 1.29 is 4.74 Å². The van der Waals surface area contributed by atoms with Gasteiger partial charge in [-0.2, -0.15) is 0 Å². The maximum atomic E-state index is 4.91. The molecule has 0 aromatic heterocycles. The number of benzene rings is 1.